The van der Waals surface area contributed by atoms with Gasteiger partial charge in [-0.3, -0.25) is 0 Å². The van der Waals surface area contributed by atoms with E-state index in [-0.39, 0.29) is 0 Å². The van der Waals surface area contributed by atoms with Crippen molar-refractivity contribution >= 4 is 0 Å². The highest BCUT2D eigenvalue weighted by Crippen LogP contribution is 2.03. The lowest BCUT2D eigenvalue weighted by Gasteiger charge is -2.08. The maximum Gasteiger partial charge on any atom is 0.128 e. The van der Waals surface area contributed by atoms with E-state index in [0.717, 1.165) is 25.2 Å². The first kappa shape index (κ1) is 13.1. The summed E-state index contributed by atoms with van der Waals surface area (Å²) in [5, 5.41) is 0. The topological polar surface area (TPSA) is 29.0 Å². The summed E-state index contributed by atoms with van der Waals surface area (Å²) < 4.78 is 0. The van der Waals surface area contributed by atoms with E-state index in [0.29, 0.717) is 0 Å². The summed E-state index contributed by atoms with van der Waals surface area (Å²) in [4.78, 5) is 11.0. The Labute approximate surface area is 98.9 Å². The number of unbranched alkanes of at least 4 members (excludes halogenated alkanes) is 1. The molecule has 0 amide bonds. The van der Waals surface area contributed by atoms with E-state index in [2.05, 4.69) is 35.9 Å². The standard InChI is InChI=1S/C13H23N3/c1-4-5-8-13-14-10-12(11-15-13)7-6-9-16(2)3/h10-11H,4-9H2,1-3H3. The highest BCUT2D eigenvalue weighted by atomic mass is 15.0. The first-order chi connectivity index (χ1) is 7.72. The van der Waals surface area contributed by atoms with Crippen molar-refractivity contribution in [1.29, 1.82) is 0 Å². The second-order valence-corrected chi connectivity index (χ2v) is 4.52. The van der Waals surface area contributed by atoms with E-state index >= 15 is 0 Å². The number of hydrogen-bond donors (Lipinski definition) is 0. The Bertz CT molecular complexity index is 280. The van der Waals surface area contributed by atoms with Gasteiger partial charge in [0.25, 0.3) is 0 Å². The molecule has 0 aliphatic carbocycles. The predicted octanol–water partition coefficient (Wildman–Crippen LogP) is 2.31. The van der Waals surface area contributed by atoms with Crippen molar-refractivity contribution in [2.45, 2.75) is 39.0 Å². The molecule has 3 nitrogen and oxygen atoms in total. The van der Waals surface area contributed by atoms with Gasteiger partial charge in [0.1, 0.15) is 5.82 Å². The maximum atomic E-state index is 4.39. The van der Waals surface area contributed by atoms with Gasteiger partial charge in [-0.15, -0.1) is 0 Å². The van der Waals surface area contributed by atoms with Crippen LogP contribution in [0.4, 0.5) is 0 Å². The molecule has 0 aliphatic heterocycles. The van der Waals surface area contributed by atoms with Crippen LogP contribution in [-0.2, 0) is 12.8 Å². The molecule has 1 aromatic heterocycles. The Morgan fingerprint density at radius 1 is 1.06 bits per heavy atom. The molecule has 0 radical (unpaired) electrons. The van der Waals surface area contributed by atoms with Crippen LogP contribution in [0.15, 0.2) is 12.4 Å². The summed E-state index contributed by atoms with van der Waals surface area (Å²) in [6.45, 7) is 3.31. The zero-order valence-corrected chi connectivity index (χ0v) is 10.7. The molecular formula is C13H23N3. The summed E-state index contributed by atoms with van der Waals surface area (Å²) in [7, 11) is 4.20. The number of hydrogen-bond acceptors (Lipinski definition) is 3. The molecule has 0 atom stereocenters. The quantitative estimate of drug-likeness (QED) is 0.707. The molecule has 0 bridgehead atoms. The minimum atomic E-state index is 0.984. The summed E-state index contributed by atoms with van der Waals surface area (Å²) in [6.07, 6.45) is 9.60. The average molecular weight is 221 g/mol. The van der Waals surface area contributed by atoms with Gasteiger partial charge in [-0.1, -0.05) is 13.3 Å². The van der Waals surface area contributed by atoms with Gasteiger partial charge in [0.15, 0.2) is 0 Å². The second-order valence-electron chi connectivity index (χ2n) is 4.52. The lowest BCUT2D eigenvalue weighted by atomic mass is 10.2. The summed E-state index contributed by atoms with van der Waals surface area (Å²) >= 11 is 0. The molecule has 16 heavy (non-hydrogen) atoms. The lowest BCUT2D eigenvalue weighted by Crippen LogP contribution is -2.13. The van der Waals surface area contributed by atoms with Crippen LogP contribution in [-0.4, -0.2) is 35.5 Å². The highest BCUT2D eigenvalue weighted by Gasteiger charge is 1.98. The molecule has 0 fully saturated rings. The van der Waals surface area contributed by atoms with E-state index in [1.165, 1.54) is 24.8 Å². The maximum absolute atomic E-state index is 4.39. The van der Waals surface area contributed by atoms with E-state index in [4.69, 9.17) is 0 Å². The van der Waals surface area contributed by atoms with E-state index < -0.39 is 0 Å². The molecular weight excluding hydrogens is 198 g/mol. The van der Waals surface area contributed by atoms with Gasteiger partial charge in [-0.05, 0) is 45.5 Å². The van der Waals surface area contributed by atoms with Crippen molar-refractivity contribution in [3.05, 3.63) is 23.8 Å². The molecule has 0 unspecified atom stereocenters. The number of aromatic nitrogens is 2. The molecule has 1 aromatic rings. The minimum Gasteiger partial charge on any atom is -0.309 e. The van der Waals surface area contributed by atoms with E-state index in [1.54, 1.807) is 0 Å². The number of aryl methyl sites for hydroxylation is 2. The molecule has 1 rings (SSSR count). The molecule has 0 spiro atoms. The Balaban J connectivity index is 2.33. The van der Waals surface area contributed by atoms with Gasteiger partial charge in [0.05, 0.1) is 0 Å². The van der Waals surface area contributed by atoms with Gasteiger partial charge in [-0.2, -0.15) is 0 Å². The Hall–Kier alpha value is -0.960. The number of nitrogens with zero attached hydrogens (tertiary/aromatic N) is 3. The Kier molecular flexibility index (Phi) is 6.01. The van der Waals surface area contributed by atoms with Gasteiger partial charge in [0.2, 0.25) is 0 Å². The molecule has 0 saturated carbocycles. The Morgan fingerprint density at radius 3 is 2.31 bits per heavy atom. The first-order valence-corrected chi connectivity index (χ1v) is 6.17. The van der Waals surface area contributed by atoms with Gasteiger partial charge < -0.3 is 4.90 Å². The van der Waals surface area contributed by atoms with Crippen molar-refractivity contribution in [2.24, 2.45) is 0 Å². The van der Waals surface area contributed by atoms with Gasteiger partial charge in [0, 0.05) is 18.8 Å². The zero-order valence-electron chi connectivity index (χ0n) is 10.7. The summed E-state index contributed by atoms with van der Waals surface area (Å²) in [5.74, 6) is 0.984. The Morgan fingerprint density at radius 2 is 1.75 bits per heavy atom. The van der Waals surface area contributed by atoms with Crippen molar-refractivity contribution in [3.8, 4) is 0 Å². The van der Waals surface area contributed by atoms with Gasteiger partial charge >= 0.3 is 0 Å². The predicted molar refractivity (Wildman–Crippen MR) is 67.5 cm³/mol. The summed E-state index contributed by atoms with van der Waals surface area (Å²) in [5.41, 5.74) is 1.25. The van der Waals surface area contributed by atoms with Crippen molar-refractivity contribution in [1.82, 2.24) is 14.9 Å². The van der Waals surface area contributed by atoms with Crippen LogP contribution >= 0.6 is 0 Å². The van der Waals surface area contributed by atoms with Crippen molar-refractivity contribution in [2.75, 3.05) is 20.6 Å². The molecule has 0 aliphatic rings. The smallest absolute Gasteiger partial charge is 0.128 e. The van der Waals surface area contributed by atoms with Crippen molar-refractivity contribution in [3.63, 3.8) is 0 Å². The van der Waals surface area contributed by atoms with E-state index in [1.807, 2.05) is 12.4 Å². The fraction of sp³-hybridized carbons (Fsp3) is 0.692. The van der Waals surface area contributed by atoms with Crippen LogP contribution < -0.4 is 0 Å². The third-order valence-electron chi connectivity index (χ3n) is 2.58. The van der Waals surface area contributed by atoms with Crippen LogP contribution in [0.3, 0.4) is 0 Å². The fourth-order valence-electron chi connectivity index (χ4n) is 1.57. The molecule has 0 saturated heterocycles. The molecule has 0 N–H and O–H groups in total. The third-order valence-corrected chi connectivity index (χ3v) is 2.58. The highest BCUT2D eigenvalue weighted by molar-refractivity contribution is 5.05. The lowest BCUT2D eigenvalue weighted by molar-refractivity contribution is 0.400. The van der Waals surface area contributed by atoms with E-state index in [9.17, 15) is 0 Å². The van der Waals surface area contributed by atoms with Crippen LogP contribution in [0.5, 0.6) is 0 Å². The van der Waals surface area contributed by atoms with Crippen LogP contribution in [0.25, 0.3) is 0 Å². The van der Waals surface area contributed by atoms with Crippen LogP contribution in [0.2, 0.25) is 0 Å². The first-order valence-electron chi connectivity index (χ1n) is 6.17. The molecule has 1 heterocycles. The SMILES string of the molecule is CCCCc1ncc(CCCN(C)C)cn1. The third kappa shape index (κ3) is 5.21. The largest absolute Gasteiger partial charge is 0.309 e. The van der Waals surface area contributed by atoms with Crippen LogP contribution in [0.1, 0.15) is 37.6 Å². The van der Waals surface area contributed by atoms with Crippen molar-refractivity contribution < 1.29 is 0 Å². The zero-order chi connectivity index (χ0) is 11.8. The average Bonchev–Trinajstić information content (AvgIpc) is 2.27. The van der Waals surface area contributed by atoms with Gasteiger partial charge in [-0.25, -0.2) is 9.97 Å². The second kappa shape index (κ2) is 7.34. The fourth-order valence-corrected chi connectivity index (χ4v) is 1.57. The molecule has 3 heteroatoms. The number of rotatable bonds is 7. The molecule has 90 valence electrons. The minimum absolute atomic E-state index is 0.984. The molecule has 0 aromatic carbocycles. The summed E-state index contributed by atoms with van der Waals surface area (Å²) in [6, 6.07) is 0. The normalized spacial score (nSPS) is 11.0. The monoisotopic (exact) mass is 221 g/mol. The van der Waals surface area contributed by atoms with Crippen LogP contribution in [0, 0.1) is 0 Å².